The largest absolute Gasteiger partial charge is 0.356 e. The molecule has 0 aliphatic heterocycles. The summed E-state index contributed by atoms with van der Waals surface area (Å²) in [5.41, 5.74) is 4.62. The topological polar surface area (TPSA) is 70.2 Å². The SMILES string of the molecule is CCc1ccc(C(C)NC(=O)C(=O)Nc2ccc(Nc3ccccc3)cc2)cc1. The number of carbonyl (C=O) groups is 2. The van der Waals surface area contributed by atoms with Gasteiger partial charge in [-0.25, -0.2) is 0 Å². The highest BCUT2D eigenvalue weighted by molar-refractivity contribution is 6.39. The summed E-state index contributed by atoms with van der Waals surface area (Å²) in [5, 5.41) is 8.63. The highest BCUT2D eigenvalue weighted by Crippen LogP contribution is 2.19. The Kier molecular flexibility index (Phi) is 6.63. The molecule has 29 heavy (non-hydrogen) atoms. The van der Waals surface area contributed by atoms with Crippen molar-refractivity contribution in [3.63, 3.8) is 0 Å². The van der Waals surface area contributed by atoms with Gasteiger partial charge in [0, 0.05) is 17.1 Å². The van der Waals surface area contributed by atoms with Gasteiger partial charge in [0.1, 0.15) is 0 Å². The number of aryl methyl sites for hydroxylation is 1. The van der Waals surface area contributed by atoms with E-state index in [1.165, 1.54) is 5.56 Å². The highest BCUT2D eigenvalue weighted by Gasteiger charge is 2.17. The zero-order valence-corrected chi connectivity index (χ0v) is 16.6. The van der Waals surface area contributed by atoms with E-state index in [0.29, 0.717) is 5.69 Å². The first-order valence-electron chi connectivity index (χ1n) is 9.68. The molecule has 0 spiro atoms. The van der Waals surface area contributed by atoms with Gasteiger partial charge in [-0.3, -0.25) is 9.59 Å². The standard InChI is InChI=1S/C24H25N3O2/c1-3-18-9-11-19(12-10-18)17(2)25-23(28)24(29)27-22-15-13-21(14-16-22)26-20-7-5-4-6-8-20/h4-17,26H,3H2,1-2H3,(H,25,28)(H,27,29). The van der Waals surface area contributed by atoms with Crippen LogP contribution in [0.1, 0.15) is 31.0 Å². The van der Waals surface area contributed by atoms with Crippen molar-refractivity contribution >= 4 is 28.9 Å². The Morgan fingerprint density at radius 3 is 1.97 bits per heavy atom. The molecule has 0 aliphatic rings. The number of amides is 2. The molecule has 0 bridgehead atoms. The van der Waals surface area contributed by atoms with Crippen molar-refractivity contribution in [1.29, 1.82) is 0 Å². The first-order chi connectivity index (χ1) is 14.0. The summed E-state index contributed by atoms with van der Waals surface area (Å²) in [4.78, 5) is 24.4. The van der Waals surface area contributed by atoms with E-state index in [1.54, 1.807) is 12.1 Å². The zero-order valence-electron chi connectivity index (χ0n) is 16.6. The lowest BCUT2D eigenvalue weighted by Gasteiger charge is -2.15. The van der Waals surface area contributed by atoms with Crippen molar-refractivity contribution in [1.82, 2.24) is 5.32 Å². The van der Waals surface area contributed by atoms with E-state index in [4.69, 9.17) is 0 Å². The van der Waals surface area contributed by atoms with E-state index in [1.807, 2.05) is 73.7 Å². The van der Waals surface area contributed by atoms with Gasteiger partial charge in [-0.05, 0) is 60.9 Å². The minimum atomic E-state index is -0.689. The number of nitrogens with one attached hydrogen (secondary N) is 3. The third-order valence-corrected chi connectivity index (χ3v) is 4.65. The molecular formula is C24H25N3O2. The van der Waals surface area contributed by atoms with Crippen molar-refractivity contribution in [2.24, 2.45) is 0 Å². The van der Waals surface area contributed by atoms with Gasteiger partial charge in [-0.2, -0.15) is 0 Å². The molecule has 5 heteroatoms. The van der Waals surface area contributed by atoms with Crippen LogP contribution in [-0.2, 0) is 16.0 Å². The summed E-state index contributed by atoms with van der Waals surface area (Å²) in [7, 11) is 0. The average molecular weight is 387 g/mol. The quantitative estimate of drug-likeness (QED) is 0.532. The second kappa shape index (κ2) is 9.55. The maximum Gasteiger partial charge on any atom is 0.313 e. The Bertz CT molecular complexity index is 952. The smallest absolute Gasteiger partial charge is 0.313 e. The fourth-order valence-corrected chi connectivity index (χ4v) is 2.90. The van der Waals surface area contributed by atoms with E-state index >= 15 is 0 Å². The summed E-state index contributed by atoms with van der Waals surface area (Å²) in [5.74, 6) is -1.35. The maximum atomic E-state index is 12.2. The molecular weight excluding hydrogens is 362 g/mol. The van der Waals surface area contributed by atoms with Crippen LogP contribution in [0.3, 0.4) is 0 Å². The van der Waals surface area contributed by atoms with Gasteiger partial charge < -0.3 is 16.0 Å². The second-order valence-electron chi connectivity index (χ2n) is 6.81. The lowest BCUT2D eigenvalue weighted by Crippen LogP contribution is -2.36. The van der Waals surface area contributed by atoms with Crippen LogP contribution >= 0.6 is 0 Å². The van der Waals surface area contributed by atoms with E-state index in [-0.39, 0.29) is 6.04 Å². The summed E-state index contributed by atoms with van der Waals surface area (Å²) in [6.45, 7) is 3.95. The molecule has 0 saturated heterocycles. The molecule has 1 unspecified atom stereocenters. The average Bonchev–Trinajstić information content (AvgIpc) is 2.75. The fraction of sp³-hybridized carbons (Fsp3) is 0.167. The van der Waals surface area contributed by atoms with Crippen LogP contribution in [0.4, 0.5) is 17.1 Å². The van der Waals surface area contributed by atoms with E-state index in [0.717, 1.165) is 23.4 Å². The first kappa shape index (κ1) is 20.1. The lowest BCUT2D eigenvalue weighted by molar-refractivity contribution is -0.136. The predicted octanol–water partition coefficient (Wildman–Crippen LogP) is 4.81. The Labute approximate surface area is 171 Å². The minimum Gasteiger partial charge on any atom is -0.356 e. The molecule has 0 saturated carbocycles. The van der Waals surface area contributed by atoms with Gasteiger partial charge >= 0.3 is 11.8 Å². The molecule has 148 valence electrons. The molecule has 0 aliphatic carbocycles. The van der Waals surface area contributed by atoms with Gasteiger partial charge in [0.25, 0.3) is 0 Å². The summed E-state index contributed by atoms with van der Waals surface area (Å²) in [6, 6.07) is 24.8. The Balaban J connectivity index is 1.54. The molecule has 3 N–H and O–H groups in total. The lowest BCUT2D eigenvalue weighted by atomic mass is 10.1. The number of benzene rings is 3. The number of anilines is 3. The normalized spacial score (nSPS) is 11.4. The Morgan fingerprint density at radius 1 is 0.759 bits per heavy atom. The predicted molar refractivity (Wildman–Crippen MR) is 117 cm³/mol. The third-order valence-electron chi connectivity index (χ3n) is 4.65. The molecule has 5 nitrogen and oxygen atoms in total. The number of hydrogen-bond donors (Lipinski definition) is 3. The molecule has 3 aromatic carbocycles. The highest BCUT2D eigenvalue weighted by atomic mass is 16.2. The summed E-state index contributed by atoms with van der Waals surface area (Å²) in [6.07, 6.45) is 0.961. The fourth-order valence-electron chi connectivity index (χ4n) is 2.90. The Hall–Kier alpha value is -3.60. The number of rotatable bonds is 6. The molecule has 0 fully saturated rings. The first-order valence-corrected chi connectivity index (χ1v) is 9.68. The maximum absolute atomic E-state index is 12.2. The van der Waals surface area contributed by atoms with Crippen LogP contribution in [0.15, 0.2) is 78.9 Å². The van der Waals surface area contributed by atoms with E-state index < -0.39 is 11.8 Å². The van der Waals surface area contributed by atoms with Crippen molar-refractivity contribution in [2.45, 2.75) is 26.3 Å². The van der Waals surface area contributed by atoms with Crippen LogP contribution in [0.5, 0.6) is 0 Å². The Morgan fingerprint density at radius 2 is 1.34 bits per heavy atom. The van der Waals surface area contributed by atoms with E-state index in [9.17, 15) is 9.59 Å². The molecule has 0 aromatic heterocycles. The third kappa shape index (κ3) is 5.69. The van der Waals surface area contributed by atoms with Gasteiger partial charge in [0.2, 0.25) is 0 Å². The van der Waals surface area contributed by atoms with Crippen LogP contribution in [0, 0.1) is 0 Å². The van der Waals surface area contributed by atoms with Crippen molar-refractivity contribution < 1.29 is 9.59 Å². The zero-order chi connectivity index (χ0) is 20.6. The molecule has 0 radical (unpaired) electrons. The van der Waals surface area contributed by atoms with Gasteiger partial charge in [-0.15, -0.1) is 0 Å². The van der Waals surface area contributed by atoms with Crippen LogP contribution in [-0.4, -0.2) is 11.8 Å². The van der Waals surface area contributed by atoms with Gasteiger partial charge in [0.05, 0.1) is 6.04 Å². The van der Waals surface area contributed by atoms with Gasteiger partial charge in [0.15, 0.2) is 0 Å². The number of para-hydroxylation sites is 1. The van der Waals surface area contributed by atoms with Crippen LogP contribution in [0.2, 0.25) is 0 Å². The van der Waals surface area contributed by atoms with E-state index in [2.05, 4.69) is 22.9 Å². The monoisotopic (exact) mass is 387 g/mol. The molecule has 0 heterocycles. The molecule has 1 atom stereocenters. The number of hydrogen-bond acceptors (Lipinski definition) is 3. The minimum absolute atomic E-state index is 0.253. The van der Waals surface area contributed by atoms with Crippen LogP contribution in [0.25, 0.3) is 0 Å². The molecule has 3 aromatic rings. The summed E-state index contributed by atoms with van der Waals surface area (Å²) >= 11 is 0. The van der Waals surface area contributed by atoms with Crippen molar-refractivity contribution in [3.8, 4) is 0 Å². The van der Waals surface area contributed by atoms with Crippen molar-refractivity contribution in [2.75, 3.05) is 10.6 Å². The van der Waals surface area contributed by atoms with Crippen molar-refractivity contribution in [3.05, 3.63) is 90.0 Å². The second-order valence-corrected chi connectivity index (χ2v) is 6.81. The van der Waals surface area contributed by atoms with Crippen LogP contribution < -0.4 is 16.0 Å². The number of carbonyl (C=O) groups excluding carboxylic acids is 2. The molecule has 2 amide bonds. The summed E-state index contributed by atoms with van der Waals surface area (Å²) < 4.78 is 0. The molecule has 3 rings (SSSR count). The van der Waals surface area contributed by atoms with Gasteiger partial charge in [-0.1, -0.05) is 49.4 Å².